The smallest absolute Gasteiger partial charge is 0.253 e. The Morgan fingerprint density at radius 3 is 2.64 bits per heavy atom. The third kappa shape index (κ3) is 4.19. The fourth-order valence-corrected chi connectivity index (χ4v) is 3.98. The summed E-state index contributed by atoms with van der Waals surface area (Å²) in [7, 11) is -0.348. The minimum absolute atomic E-state index is 0.0581. The first-order valence-corrected chi connectivity index (χ1v) is 10.6. The van der Waals surface area contributed by atoms with Crippen molar-refractivity contribution in [2.75, 3.05) is 26.0 Å². The summed E-state index contributed by atoms with van der Waals surface area (Å²) in [5.41, 5.74) is 3.16. The van der Waals surface area contributed by atoms with Gasteiger partial charge in [0.25, 0.3) is 5.91 Å². The molecule has 2 atom stereocenters. The molecule has 1 heterocycles. The second-order valence-electron chi connectivity index (χ2n) is 7.00. The maximum atomic E-state index is 12.3. The molecule has 0 fully saturated rings. The number of benzene rings is 2. The van der Waals surface area contributed by atoms with Gasteiger partial charge in [-0.05, 0) is 42.8 Å². The van der Waals surface area contributed by atoms with Gasteiger partial charge in [-0.3, -0.25) is 4.79 Å². The number of primary sulfonamides is 1. The van der Waals surface area contributed by atoms with E-state index in [2.05, 4.69) is 5.32 Å². The van der Waals surface area contributed by atoms with E-state index >= 15 is 0 Å². The normalized spacial score (nSPS) is 18.9. The minimum atomic E-state index is -3.79. The van der Waals surface area contributed by atoms with Crippen molar-refractivity contribution in [1.82, 2.24) is 4.90 Å². The Hall–Kier alpha value is -2.42. The lowest BCUT2D eigenvalue weighted by atomic mass is 9.90. The van der Waals surface area contributed by atoms with Gasteiger partial charge >= 0.3 is 0 Å². The highest BCUT2D eigenvalue weighted by atomic mass is 32.2. The fraction of sp³-hybridized carbons (Fsp3) is 0.350. The second kappa shape index (κ2) is 7.90. The minimum Gasteiger partial charge on any atom is -0.378 e. The van der Waals surface area contributed by atoms with Crippen LogP contribution in [0.3, 0.4) is 0 Å². The predicted molar refractivity (Wildman–Crippen MR) is 108 cm³/mol. The Morgan fingerprint density at radius 1 is 1.25 bits per heavy atom. The molecule has 1 aliphatic heterocycles. The number of ether oxygens (including phenoxy) is 1. The second-order valence-corrected chi connectivity index (χ2v) is 8.56. The number of hydrogen-bond donors (Lipinski definition) is 2. The van der Waals surface area contributed by atoms with Crippen LogP contribution in [-0.4, -0.2) is 39.9 Å². The van der Waals surface area contributed by atoms with Crippen LogP contribution >= 0.6 is 0 Å². The molecule has 0 saturated heterocycles. The number of nitrogens with one attached hydrogen (secondary N) is 1. The molecule has 1 aliphatic rings. The zero-order valence-corrected chi connectivity index (χ0v) is 17.0. The lowest BCUT2D eigenvalue weighted by Gasteiger charge is -2.33. The van der Waals surface area contributed by atoms with E-state index in [0.717, 1.165) is 16.8 Å². The van der Waals surface area contributed by atoms with Crippen LogP contribution in [-0.2, 0) is 14.8 Å². The summed E-state index contributed by atoms with van der Waals surface area (Å²) in [6, 6.07) is 12.2. The molecule has 3 rings (SSSR count). The van der Waals surface area contributed by atoms with Crippen LogP contribution in [0, 0.1) is 0 Å². The van der Waals surface area contributed by atoms with E-state index in [1.54, 1.807) is 37.2 Å². The van der Waals surface area contributed by atoms with Crippen molar-refractivity contribution >= 4 is 21.6 Å². The van der Waals surface area contributed by atoms with Gasteiger partial charge in [0.2, 0.25) is 10.0 Å². The summed E-state index contributed by atoms with van der Waals surface area (Å²) in [6.45, 7) is 2.40. The predicted octanol–water partition coefficient (Wildman–Crippen LogP) is 2.67. The third-order valence-corrected chi connectivity index (χ3v) is 5.70. The molecule has 7 nitrogen and oxygen atoms in total. The molecular weight excluding hydrogens is 378 g/mol. The number of anilines is 1. The van der Waals surface area contributed by atoms with Gasteiger partial charge in [0.1, 0.15) is 0 Å². The number of amides is 1. The molecule has 1 amide bonds. The van der Waals surface area contributed by atoms with Crippen molar-refractivity contribution in [2.45, 2.75) is 30.4 Å². The van der Waals surface area contributed by atoms with Gasteiger partial charge in [0.05, 0.1) is 17.0 Å². The van der Waals surface area contributed by atoms with E-state index in [-0.39, 0.29) is 22.9 Å². The Labute approximate surface area is 165 Å². The van der Waals surface area contributed by atoms with Gasteiger partial charge < -0.3 is 15.0 Å². The molecule has 2 aromatic rings. The first-order valence-electron chi connectivity index (χ1n) is 9.07. The summed E-state index contributed by atoms with van der Waals surface area (Å²) in [5, 5.41) is 8.71. The summed E-state index contributed by atoms with van der Waals surface area (Å²) >= 11 is 0. The van der Waals surface area contributed by atoms with E-state index in [4.69, 9.17) is 9.88 Å². The average Bonchev–Trinajstić information content (AvgIpc) is 2.66. The summed E-state index contributed by atoms with van der Waals surface area (Å²) < 4.78 is 29.3. The van der Waals surface area contributed by atoms with Crippen LogP contribution in [0.15, 0.2) is 47.4 Å². The molecule has 2 aromatic carbocycles. The van der Waals surface area contributed by atoms with Gasteiger partial charge in [-0.1, -0.05) is 12.1 Å². The molecule has 0 radical (unpaired) electrons. The molecule has 28 heavy (non-hydrogen) atoms. The van der Waals surface area contributed by atoms with Gasteiger partial charge in [0.15, 0.2) is 0 Å². The Kier molecular flexibility index (Phi) is 5.74. The number of hydrogen-bond acceptors (Lipinski definition) is 5. The number of sulfonamides is 1. The van der Waals surface area contributed by atoms with Crippen molar-refractivity contribution in [3.8, 4) is 0 Å². The van der Waals surface area contributed by atoms with Crippen molar-refractivity contribution in [3.63, 3.8) is 0 Å². The number of carbonyl (C=O) groups is 1. The molecule has 0 bridgehead atoms. The average molecular weight is 404 g/mol. The molecule has 0 aliphatic carbocycles. The Morgan fingerprint density at radius 2 is 2.00 bits per heavy atom. The van der Waals surface area contributed by atoms with Gasteiger partial charge in [-0.2, -0.15) is 0 Å². The monoisotopic (exact) mass is 403 g/mol. The Bertz CT molecular complexity index is 989. The maximum Gasteiger partial charge on any atom is 0.253 e. The molecule has 150 valence electrons. The van der Waals surface area contributed by atoms with Gasteiger partial charge in [-0.15, -0.1) is 0 Å². The van der Waals surface area contributed by atoms with E-state index in [1.807, 2.05) is 25.1 Å². The Balaban J connectivity index is 1.97. The summed E-state index contributed by atoms with van der Waals surface area (Å²) in [5.74, 6) is -0.0581. The van der Waals surface area contributed by atoms with E-state index in [1.165, 1.54) is 6.07 Å². The number of carbonyl (C=O) groups excluding carboxylic acids is 1. The number of rotatable bonds is 5. The van der Waals surface area contributed by atoms with Crippen LogP contribution in [0.1, 0.15) is 47.0 Å². The largest absolute Gasteiger partial charge is 0.378 e. The highest BCUT2D eigenvalue weighted by Gasteiger charge is 2.29. The molecule has 8 heteroatoms. The topological polar surface area (TPSA) is 102 Å². The van der Waals surface area contributed by atoms with Crippen LogP contribution < -0.4 is 10.5 Å². The van der Waals surface area contributed by atoms with Crippen LogP contribution in [0.4, 0.5) is 5.69 Å². The SMILES string of the molecule is CCOC1CC(c2cccc(C(=O)N(C)C)c2)Nc2ccc(S(N)(=O)=O)cc21. The molecule has 0 saturated carbocycles. The van der Waals surface area contributed by atoms with Crippen molar-refractivity contribution in [2.24, 2.45) is 5.14 Å². The number of fused-ring (bicyclic) bond motifs is 1. The molecule has 0 aromatic heterocycles. The third-order valence-electron chi connectivity index (χ3n) is 4.79. The van der Waals surface area contributed by atoms with Crippen molar-refractivity contribution in [3.05, 3.63) is 59.2 Å². The van der Waals surface area contributed by atoms with Crippen LogP contribution in [0.5, 0.6) is 0 Å². The number of nitrogens with two attached hydrogens (primary N) is 1. The van der Waals surface area contributed by atoms with Crippen molar-refractivity contribution < 1.29 is 17.9 Å². The van der Waals surface area contributed by atoms with E-state index in [9.17, 15) is 13.2 Å². The lowest BCUT2D eigenvalue weighted by Crippen LogP contribution is -2.25. The van der Waals surface area contributed by atoms with Crippen LogP contribution in [0.25, 0.3) is 0 Å². The molecule has 0 spiro atoms. The van der Waals surface area contributed by atoms with Gasteiger partial charge in [-0.25, -0.2) is 13.6 Å². The number of nitrogens with zero attached hydrogens (tertiary/aromatic N) is 1. The quantitative estimate of drug-likeness (QED) is 0.799. The van der Waals surface area contributed by atoms with Crippen molar-refractivity contribution in [1.29, 1.82) is 0 Å². The highest BCUT2D eigenvalue weighted by Crippen LogP contribution is 2.41. The zero-order valence-electron chi connectivity index (χ0n) is 16.2. The highest BCUT2D eigenvalue weighted by molar-refractivity contribution is 7.89. The maximum absolute atomic E-state index is 12.3. The molecule has 2 unspecified atom stereocenters. The standard InChI is InChI=1S/C20H25N3O4S/c1-4-27-19-12-18(13-6-5-7-14(10-13)20(24)23(2)3)22-17-9-8-15(11-16(17)19)28(21,25)26/h5-11,18-19,22H,4,12H2,1-3H3,(H2,21,25,26). The molecular formula is C20H25N3O4S. The van der Waals surface area contributed by atoms with E-state index in [0.29, 0.717) is 18.6 Å². The first-order chi connectivity index (χ1) is 13.2. The first kappa shape index (κ1) is 20.3. The fourth-order valence-electron chi connectivity index (χ4n) is 3.43. The summed E-state index contributed by atoms with van der Waals surface area (Å²) in [6.07, 6.45) is 0.329. The lowest BCUT2D eigenvalue weighted by molar-refractivity contribution is 0.0497. The summed E-state index contributed by atoms with van der Waals surface area (Å²) in [4.78, 5) is 13.9. The van der Waals surface area contributed by atoms with E-state index < -0.39 is 10.0 Å². The molecule has 3 N–H and O–H groups in total. The zero-order chi connectivity index (χ0) is 20.5. The van der Waals surface area contributed by atoms with Gasteiger partial charge in [0, 0.05) is 43.9 Å². The van der Waals surface area contributed by atoms with Crippen LogP contribution in [0.2, 0.25) is 0 Å².